The average Bonchev–Trinajstić information content (AvgIpc) is 2.25. The number of halogens is 5. The maximum atomic E-state index is 12.6. The molecule has 0 atom stereocenters. The van der Waals surface area contributed by atoms with E-state index in [9.17, 15) is 24.2 Å². The molecule has 0 amide bonds. The van der Waals surface area contributed by atoms with Crippen molar-refractivity contribution in [2.75, 3.05) is 0 Å². The number of rotatable bonds is 3. The zero-order valence-electron chi connectivity index (χ0n) is 11.8. The maximum Gasteiger partial charge on any atom is 0.422 e. The SMILES string of the molecule is CC(C)(C)OC(=O)C(=[N+]=[N-])c1ccc(S(F)(F)(F)(F)F)cc1. The monoisotopic (exact) mass is 344 g/mol. The normalized spacial score (nSPS) is 15.3. The fourth-order valence-electron chi connectivity index (χ4n) is 1.41. The topological polar surface area (TPSA) is 62.7 Å². The molecule has 0 aliphatic heterocycles. The number of esters is 1. The van der Waals surface area contributed by atoms with E-state index in [2.05, 4.69) is 4.79 Å². The summed E-state index contributed by atoms with van der Waals surface area (Å²) >= 11 is 0. The van der Waals surface area contributed by atoms with Gasteiger partial charge in [-0.25, -0.2) is 4.79 Å². The van der Waals surface area contributed by atoms with Gasteiger partial charge >= 0.3 is 21.9 Å². The van der Waals surface area contributed by atoms with Crippen LogP contribution in [0.15, 0.2) is 29.2 Å². The zero-order valence-corrected chi connectivity index (χ0v) is 12.6. The van der Waals surface area contributed by atoms with Gasteiger partial charge in [0.1, 0.15) is 10.5 Å². The average molecular weight is 344 g/mol. The van der Waals surface area contributed by atoms with Gasteiger partial charge in [-0.05, 0) is 45.0 Å². The summed E-state index contributed by atoms with van der Waals surface area (Å²) in [5.41, 5.74) is 6.89. The van der Waals surface area contributed by atoms with Crippen LogP contribution in [-0.2, 0) is 9.53 Å². The highest BCUT2D eigenvalue weighted by Gasteiger charge is 2.65. The lowest BCUT2D eigenvalue weighted by Crippen LogP contribution is -2.30. The summed E-state index contributed by atoms with van der Waals surface area (Å²) in [6, 6.07) is 1.44. The van der Waals surface area contributed by atoms with Crippen LogP contribution in [0.3, 0.4) is 0 Å². The highest BCUT2D eigenvalue weighted by atomic mass is 32.5. The first-order valence-corrected chi connectivity index (χ1v) is 7.78. The van der Waals surface area contributed by atoms with E-state index in [0.717, 1.165) is 0 Å². The van der Waals surface area contributed by atoms with Gasteiger partial charge in [-0.2, -0.15) is 4.79 Å². The molecule has 0 bridgehead atoms. The minimum absolute atomic E-state index is 0.117. The largest absolute Gasteiger partial charge is 0.451 e. The Morgan fingerprint density at radius 3 is 1.86 bits per heavy atom. The Morgan fingerprint density at radius 2 is 1.55 bits per heavy atom. The van der Waals surface area contributed by atoms with Crippen molar-refractivity contribution in [3.63, 3.8) is 0 Å². The Bertz CT molecular complexity index is 656. The summed E-state index contributed by atoms with van der Waals surface area (Å²) < 4.78 is 67.7. The molecule has 0 fully saturated rings. The van der Waals surface area contributed by atoms with Crippen LogP contribution in [0, 0.1) is 0 Å². The van der Waals surface area contributed by atoms with Crippen LogP contribution in [0.4, 0.5) is 19.4 Å². The van der Waals surface area contributed by atoms with E-state index in [-0.39, 0.29) is 17.7 Å². The third-order valence-corrected chi connectivity index (χ3v) is 3.43. The summed E-state index contributed by atoms with van der Waals surface area (Å²) in [5.74, 6) is -1.10. The first kappa shape index (κ1) is 18.1. The molecule has 0 saturated carbocycles. The van der Waals surface area contributed by atoms with Crippen molar-refractivity contribution in [1.29, 1.82) is 0 Å². The Balaban J connectivity index is 3.20. The summed E-state index contributed by atoms with van der Waals surface area (Å²) in [5, 5.41) is 0. The second-order valence-corrected chi connectivity index (χ2v) is 7.85. The molecular formula is C12H13F5N2O2S. The van der Waals surface area contributed by atoms with Crippen LogP contribution in [0.5, 0.6) is 0 Å². The number of benzene rings is 1. The van der Waals surface area contributed by atoms with Gasteiger partial charge in [0.15, 0.2) is 0 Å². The molecular weight excluding hydrogens is 331 g/mol. The fourth-order valence-corrected chi connectivity index (χ4v) is 2.06. The Morgan fingerprint density at radius 1 is 1.09 bits per heavy atom. The van der Waals surface area contributed by atoms with Gasteiger partial charge in [-0.3, -0.25) is 0 Å². The maximum absolute atomic E-state index is 12.6. The Kier molecular flexibility index (Phi) is 3.73. The van der Waals surface area contributed by atoms with Gasteiger partial charge in [0, 0.05) is 0 Å². The predicted octanol–water partition coefficient (Wildman–Crippen LogP) is 4.70. The number of hydrogen-bond acceptors (Lipinski definition) is 2. The highest BCUT2D eigenvalue weighted by molar-refractivity contribution is 8.45. The zero-order chi connectivity index (χ0) is 17.5. The Hall–Kier alpha value is -1.93. The molecule has 1 rings (SSSR count). The van der Waals surface area contributed by atoms with E-state index in [1.54, 1.807) is 0 Å². The van der Waals surface area contributed by atoms with Crippen molar-refractivity contribution in [1.82, 2.24) is 0 Å². The third-order valence-electron chi connectivity index (χ3n) is 2.27. The van der Waals surface area contributed by atoms with Gasteiger partial charge in [0.05, 0.1) is 5.56 Å². The van der Waals surface area contributed by atoms with E-state index >= 15 is 0 Å². The number of carbonyl (C=O) groups is 1. The molecule has 0 N–H and O–H groups in total. The molecule has 0 aromatic heterocycles. The second kappa shape index (κ2) is 4.53. The van der Waals surface area contributed by atoms with E-state index in [0.29, 0.717) is 12.1 Å². The van der Waals surface area contributed by atoms with Crippen molar-refractivity contribution >= 4 is 21.9 Å². The van der Waals surface area contributed by atoms with Gasteiger partial charge < -0.3 is 10.3 Å². The highest BCUT2D eigenvalue weighted by Crippen LogP contribution is 3.02. The predicted molar refractivity (Wildman–Crippen MR) is 71.4 cm³/mol. The van der Waals surface area contributed by atoms with Gasteiger partial charge in [0.2, 0.25) is 0 Å². The molecule has 10 heteroatoms. The second-order valence-electron chi connectivity index (χ2n) is 5.44. The minimum Gasteiger partial charge on any atom is -0.451 e. The number of ether oxygens (including phenoxy) is 1. The van der Waals surface area contributed by atoms with E-state index in [1.165, 1.54) is 20.8 Å². The number of carbonyl (C=O) groups excluding carboxylic acids is 1. The molecule has 0 aliphatic rings. The van der Waals surface area contributed by atoms with Crippen molar-refractivity contribution in [3.05, 3.63) is 35.4 Å². The molecule has 0 spiro atoms. The lowest BCUT2D eigenvalue weighted by Gasteiger charge is -2.40. The number of hydrogen-bond donors (Lipinski definition) is 0. The summed E-state index contributed by atoms with van der Waals surface area (Å²) in [6.07, 6.45) is 0. The van der Waals surface area contributed by atoms with E-state index in [4.69, 9.17) is 10.3 Å². The van der Waals surface area contributed by atoms with Crippen LogP contribution >= 0.6 is 10.2 Å². The molecule has 0 aliphatic carbocycles. The van der Waals surface area contributed by atoms with Gasteiger partial charge in [-0.15, -0.1) is 0 Å². The van der Waals surface area contributed by atoms with Crippen molar-refractivity contribution in [3.8, 4) is 0 Å². The van der Waals surface area contributed by atoms with Crippen LogP contribution in [0.1, 0.15) is 26.3 Å². The minimum atomic E-state index is -9.79. The lowest BCUT2D eigenvalue weighted by molar-refractivity contribution is -0.150. The summed E-state index contributed by atoms with van der Waals surface area (Å²) in [6.45, 7) is 4.57. The lowest BCUT2D eigenvalue weighted by atomic mass is 10.1. The van der Waals surface area contributed by atoms with E-state index < -0.39 is 32.4 Å². The molecule has 22 heavy (non-hydrogen) atoms. The molecule has 0 radical (unpaired) electrons. The molecule has 0 saturated heterocycles. The van der Waals surface area contributed by atoms with Gasteiger partial charge in [0.25, 0.3) is 0 Å². The summed E-state index contributed by atoms with van der Waals surface area (Å²) in [4.78, 5) is 12.3. The van der Waals surface area contributed by atoms with Gasteiger partial charge in [-0.1, -0.05) is 19.4 Å². The van der Waals surface area contributed by atoms with Crippen LogP contribution in [-0.4, -0.2) is 22.1 Å². The first-order chi connectivity index (χ1) is 9.53. The van der Waals surface area contributed by atoms with Crippen LogP contribution in [0.2, 0.25) is 0 Å². The molecule has 124 valence electrons. The van der Waals surface area contributed by atoms with Crippen LogP contribution < -0.4 is 0 Å². The van der Waals surface area contributed by atoms with Crippen LogP contribution in [0.25, 0.3) is 5.53 Å². The van der Waals surface area contributed by atoms with Crippen molar-refractivity contribution in [2.45, 2.75) is 31.3 Å². The molecule has 0 heterocycles. The first-order valence-electron chi connectivity index (χ1n) is 5.83. The molecule has 1 aromatic rings. The van der Waals surface area contributed by atoms with Crippen molar-refractivity contribution < 1.29 is 33.8 Å². The molecule has 1 aromatic carbocycles. The standard InChI is InChI=1S/C12H13F5N2O2S/c1-12(2,3)21-11(20)10(19-18)8-4-6-9(7-5-8)22(13,14,15,16)17/h4-7H,1-3H3. The summed E-state index contributed by atoms with van der Waals surface area (Å²) in [7, 11) is -9.79. The third kappa shape index (κ3) is 4.81. The molecule has 4 nitrogen and oxygen atoms in total. The number of nitrogens with zero attached hydrogens (tertiary/aromatic N) is 2. The molecule has 0 unspecified atom stereocenters. The smallest absolute Gasteiger partial charge is 0.422 e. The quantitative estimate of drug-likeness (QED) is 0.262. The Labute approximate surface area is 123 Å². The fraction of sp³-hybridized carbons (Fsp3) is 0.333. The van der Waals surface area contributed by atoms with Crippen molar-refractivity contribution in [2.24, 2.45) is 0 Å². The van der Waals surface area contributed by atoms with E-state index in [1.807, 2.05) is 0 Å².